The Hall–Kier alpha value is -3.94. The molecule has 0 bridgehead atoms. The van der Waals surface area contributed by atoms with Gasteiger partial charge in [0.15, 0.2) is 0 Å². The van der Waals surface area contributed by atoms with Gasteiger partial charge in [-0.3, -0.25) is 0 Å². The van der Waals surface area contributed by atoms with Gasteiger partial charge in [0.25, 0.3) is 0 Å². The normalized spacial score (nSPS) is 11.8. The van der Waals surface area contributed by atoms with E-state index < -0.39 is 34.6 Å². The molecule has 0 saturated heterocycles. The number of alkyl halides is 6. The van der Waals surface area contributed by atoms with Gasteiger partial charge in [0, 0.05) is 24.5 Å². The van der Waals surface area contributed by atoms with Gasteiger partial charge in [-0.15, -0.1) is 0 Å². The molecule has 0 aliphatic heterocycles. The zero-order chi connectivity index (χ0) is 25.8. The molecule has 0 saturated carbocycles. The Labute approximate surface area is 204 Å². The van der Waals surface area contributed by atoms with Gasteiger partial charge in [0.2, 0.25) is 0 Å². The minimum atomic E-state index is -4.85. The molecular formula is C28H22F6N2. The van der Waals surface area contributed by atoms with Crippen molar-refractivity contribution in [2.75, 3.05) is 10.6 Å². The van der Waals surface area contributed by atoms with Crippen molar-refractivity contribution in [3.05, 3.63) is 119 Å². The summed E-state index contributed by atoms with van der Waals surface area (Å²) in [4.78, 5) is 0. The molecule has 0 atom stereocenters. The van der Waals surface area contributed by atoms with Gasteiger partial charge in [-0.2, -0.15) is 26.3 Å². The quantitative estimate of drug-likeness (QED) is 0.248. The van der Waals surface area contributed by atoms with E-state index >= 15 is 0 Å². The highest BCUT2D eigenvalue weighted by Gasteiger charge is 2.38. The van der Waals surface area contributed by atoms with Crippen molar-refractivity contribution in [2.45, 2.75) is 25.4 Å². The van der Waals surface area contributed by atoms with Crippen LogP contribution in [0.15, 0.2) is 97.1 Å². The first-order valence-corrected chi connectivity index (χ1v) is 11.1. The van der Waals surface area contributed by atoms with Gasteiger partial charge < -0.3 is 10.6 Å². The molecule has 4 aromatic rings. The molecular weight excluding hydrogens is 478 g/mol. The maximum Gasteiger partial charge on any atom is 0.417 e. The summed E-state index contributed by atoms with van der Waals surface area (Å²) in [5, 5.41) is 5.81. The van der Waals surface area contributed by atoms with E-state index in [1.54, 1.807) is 24.3 Å². The third kappa shape index (κ3) is 6.19. The largest absolute Gasteiger partial charge is 0.417 e. The molecule has 0 spiro atoms. The lowest BCUT2D eigenvalue weighted by molar-refractivity contribution is -0.139. The molecule has 0 fully saturated rings. The van der Waals surface area contributed by atoms with Crippen LogP contribution >= 0.6 is 0 Å². The molecule has 2 N–H and O–H groups in total. The van der Waals surface area contributed by atoms with Crippen molar-refractivity contribution in [3.63, 3.8) is 0 Å². The first-order chi connectivity index (χ1) is 17.1. The predicted octanol–water partition coefficient (Wildman–Crippen LogP) is 8.62. The zero-order valence-electron chi connectivity index (χ0n) is 18.9. The van der Waals surface area contributed by atoms with E-state index in [1.807, 2.05) is 36.4 Å². The third-order valence-electron chi connectivity index (χ3n) is 5.62. The van der Waals surface area contributed by atoms with Crippen LogP contribution in [0.3, 0.4) is 0 Å². The molecule has 0 aromatic heterocycles. The number of hydrogen-bond acceptors (Lipinski definition) is 2. The first kappa shape index (κ1) is 25.2. The molecule has 4 aromatic carbocycles. The standard InChI is InChI=1S/C28H22F6N2/c29-27(30,31)25-15-21(35-17-19-7-3-1-4-8-19)11-13-23(25)24-14-12-22(16-26(24)28(32,33)34)36-18-20-9-5-2-6-10-20/h1-16,35-36H,17-18H2. The van der Waals surface area contributed by atoms with Crippen LogP contribution < -0.4 is 10.6 Å². The molecule has 2 nitrogen and oxygen atoms in total. The van der Waals surface area contributed by atoms with E-state index in [0.29, 0.717) is 0 Å². The molecule has 186 valence electrons. The van der Waals surface area contributed by atoms with Crippen LogP contribution in [0.25, 0.3) is 11.1 Å². The van der Waals surface area contributed by atoms with E-state index in [2.05, 4.69) is 10.6 Å². The lowest BCUT2D eigenvalue weighted by Gasteiger charge is -2.20. The van der Waals surface area contributed by atoms with E-state index in [-0.39, 0.29) is 24.5 Å². The van der Waals surface area contributed by atoms with Gasteiger partial charge in [-0.25, -0.2) is 0 Å². The lowest BCUT2D eigenvalue weighted by atomic mass is 9.93. The number of nitrogens with one attached hydrogen (secondary N) is 2. The maximum absolute atomic E-state index is 14.0. The Kier molecular flexibility index (Phi) is 7.24. The fourth-order valence-corrected chi connectivity index (χ4v) is 3.85. The van der Waals surface area contributed by atoms with Crippen LogP contribution in [-0.2, 0) is 25.4 Å². The molecule has 0 heterocycles. The van der Waals surface area contributed by atoms with E-state index in [0.717, 1.165) is 35.4 Å². The molecule has 8 heteroatoms. The summed E-state index contributed by atoms with van der Waals surface area (Å²) in [5.74, 6) is 0. The highest BCUT2D eigenvalue weighted by atomic mass is 19.4. The Balaban J connectivity index is 1.67. The van der Waals surface area contributed by atoms with Gasteiger partial charge >= 0.3 is 12.4 Å². The number of benzene rings is 4. The third-order valence-corrected chi connectivity index (χ3v) is 5.62. The van der Waals surface area contributed by atoms with Crippen molar-refractivity contribution in [1.29, 1.82) is 0 Å². The number of rotatable bonds is 7. The Bertz CT molecular complexity index is 1200. The van der Waals surface area contributed by atoms with Crippen LogP contribution in [-0.4, -0.2) is 0 Å². The number of hydrogen-bond donors (Lipinski definition) is 2. The number of halogens is 6. The minimum absolute atomic E-state index is 0.157. The van der Waals surface area contributed by atoms with Crippen LogP contribution in [0.5, 0.6) is 0 Å². The summed E-state index contributed by atoms with van der Waals surface area (Å²) < 4.78 is 83.8. The van der Waals surface area contributed by atoms with Crippen LogP contribution in [0.1, 0.15) is 22.3 Å². The van der Waals surface area contributed by atoms with Crippen molar-refractivity contribution < 1.29 is 26.3 Å². The van der Waals surface area contributed by atoms with E-state index in [9.17, 15) is 26.3 Å². The average molecular weight is 500 g/mol. The zero-order valence-corrected chi connectivity index (χ0v) is 18.9. The van der Waals surface area contributed by atoms with Gasteiger partial charge in [-0.05, 0) is 46.5 Å². The maximum atomic E-state index is 14.0. The van der Waals surface area contributed by atoms with Crippen molar-refractivity contribution in [2.24, 2.45) is 0 Å². The average Bonchev–Trinajstić information content (AvgIpc) is 2.86. The summed E-state index contributed by atoms with van der Waals surface area (Å²) in [7, 11) is 0. The summed E-state index contributed by atoms with van der Waals surface area (Å²) in [5.41, 5.74) is -1.33. The highest BCUT2D eigenvalue weighted by molar-refractivity contribution is 5.76. The Morgan fingerprint density at radius 2 is 0.833 bits per heavy atom. The van der Waals surface area contributed by atoms with E-state index in [1.165, 1.54) is 12.1 Å². The summed E-state index contributed by atoms with van der Waals surface area (Å²) in [6.45, 7) is 0.542. The lowest BCUT2D eigenvalue weighted by Crippen LogP contribution is -2.13. The molecule has 4 rings (SSSR count). The second-order valence-electron chi connectivity index (χ2n) is 8.19. The number of anilines is 2. The molecule has 0 aliphatic rings. The second-order valence-corrected chi connectivity index (χ2v) is 8.19. The van der Waals surface area contributed by atoms with Crippen molar-refractivity contribution >= 4 is 11.4 Å². The Morgan fingerprint density at radius 1 is 0.472 bits per heavy atom. The monoisotopic (exact) mass is 500 g/mol. The smallest absolute Gasteiger partial charge is 0.381 e. The van der Waals surface area contributed by atoms with Crippen molar-refractivity contribution in [1.82, 2.24) is 0 Å². The molecule has 0 radical (unpaired) electrons. The molecule has 0 aliphatic carbocycles. The SMILES string of the molecule is FC(F)(F)c1cc(NCc2ccccc2)ccc1-c1ccc(NCc2ccccc2)cc1C(F)(F)F. The van der Waals surface area contributed by atoms with Gasteiger partial charge in [-0.1, -0.05) is 72.8 Å². The summed E-state index contributed by atoms with van der Waals surface area (Å²) >= 11 is 0. The fourth-order valence-electron chi connectivity index (χ4n) is 3.85. The van der Waals surface area contributed by atoms with Crippen LogP contribution in [0.4, 0.5) is 37.7 Å². The predicted molar refractivity (Wildman–Crippen MR) is 129 cm³/mol. The van der Waals surface area contributed by atoms with Gasteiger partial charge in [0.05, 0.1) is 11.1 Å². The summed E-state index contributed by atoms with van der Waals surface area (Å²) in [6, 6.07) is 24.7. The minimum Gasteiger partial charge on any atom is -0.381 e. The molecule has 36 heavy (non-hydrogen) atoms. The van der Waals surface area contributed by atoms with Gasteiger partial charge in [0.1, 0.15) is 0 Å². The first-order valence-electron chi connectivity index (χ1n) is 11.1. The van der Waals surface area contributed by atoms with E-state index in [4.69, 9.17) is 0 Å². The highest BCUT2D eigenvalue weighted by Crippen LogP contribution is 2.44. The van der Waals surface area contributed by atoms with Crippen LogP contribution in [0, 0.1) is 0 Å². The summed E-state index contributed by atoms with van der Waals surface area (Å²) in [6.07, 6.45) is -9.71. The fraction of sp³-hybridized carbons (Fsp3) is 0.143. The van der Waals surface area contributed by atoms with Crippen molar-refractivity contribution in [3.8, 4) is 11.1 Å². The van der Waals surface area contributed by atoms with Crippen LogP contribution in [0.2, 0.25) is 0 Å². The molecule has 0 unspecified atom stereocenters. The molecule has 0 amide bonds. The topological polar surface area (TPSA) is 24.1 Å². The Morgan fingerprint density at radius 3 is 1.17 bits per heavy atom. The second kappa shape index (κ2) is 10.4.